The summed E-state index contributed by atoms with van der Waals surface area (Å²) in [5, 5.41) is 0. The zero-order chi connectivity index (χ0) is 11.3. The van der Waals surface area contributed by atoms with Crippen LogP contribution in [0.5, 0.6) is 0 Å². The molecule has 1 aliphatic heterocycles. The van der Waals surface area contributed by atoms with Crippen LogP contribution in [0.25, 0.3) is 0 Å². The molecule has 1 fully saturated rings. The molecule has 1 aliphatic rings. The highest BCUT2D eigenvalue weighted by Crippen LogP contribution is 2.28. The second-order valence-corrected chi connectivity index (χ2v) is 3.46. The van der Waals surface area contributed by atoms with Gasteiger partial charge in [0.05, 0.1) is 0 Å². The summed E-state index contributed by atoms with van der Waals surface area (Å²) in [6.45, 7) is 4.81. The Hall–Kier alpha value is -1.10. The van der Waals surface area contributed by atoms with E-state index in [2.05, 4.69) is 11.3 Å². The molecule has 0 radical (unpaired) electrons. The second kappa shape index (κ2) is 5.11. The highest BCUT2D eigenvalue weighted by molar-refractivity contribution is 5.62. The molecule has 1 heterocycles. The van der Waals surface area contributed by atoms with E-state index in [1.54, 1.807) is 0 Å². The van der Waals surface area contributed by atoms with Crippen molar-refractivity contribution in [3.63, 3.8) is 0 Å². The van der Waals surface area contributed by atoms with E-state index in [0.29, 0.717) is 6.42 Å². The number of carbonyl (C=O) groups excluding carboxylic acids is 1. The number of unbranched alkanes of at least 4 members (excludes halogenated alkanes) is 1. The van der Waals surface area contributed by atoms with Crippen LogP contribution in [0.3, 0.4) is 0 Å². The molecule has 5 heteroatoms. The van der Waals surface area contributed by atoms with E-state index in [1.165, 1.54) is 0 Å². The van der Waals surface area contributed by atoms with Gasteiger partial charge in [0.2, 0.25) is 0 Å². The average Bonchev–Trinajstić information content (AvgIpc) is 2.55. The summed E-state index contributed by atoms with van der Waals surface area (Å²) in [5.41, 5.74) is 0. The van der Waals surface area contributed by atoms with E-state index in [1.807, 2.05) is 6.92 Å². The van der Waals surface area contributed by atoms with Gasteiger partial charge in [0.1, 0.15) is 12.4 Å². The van der Waals surface area contributed by atoms with Crippen molar-refractivity contribution in [2.45, 2.75) is 32.0 Å². The van der Waals surface area contributed by atoms with Gasteiger partial charge in [-0.3, -0.25) is 0 Å². The van der Waals surface area contributed by atoms with Gasteiger partial charge in [-0.15, -0.1) is 0 Å². The molecule has 4 nitrogen and oxygen atoms in total. The summed E-state index contributed by atoms with van der Waals surface area (Å²) < 4.78 is 27.2. The van der Waals surface area contributed by atoms with Crippen molar-refractivity contribution in [3.8, 4) is 0 Å². The highest BCUT2D eigenvalue weighted by Gasteiger charge is 2.43. The van der Waals surface area contributed by atoms with Gasteiger partial charge in [-0.1, -0.05) is 19.9 Å². The fourth-order valence-corrected chi connectivity index (χ4v) is 1.30. The Morgan fingerprint density at radius 1 is 1.73 bits per heavy atom. The normalized spacial score (nSPS) is 24.8. The molecule has 0 aliphatic carbocycles. The van der Waals surface area contributed by atoms with Crippen LogP contribution >= 0.6 is 0 Å². The van der Waals surface area contributed by atoms with E-state index in [4.69, 9.17) is 9.47 Å². The quantitative estimate of drug-likeness (QED) is 0.642. The van der Waals surface area contributed by atoms with Crippen LogP contribution in [0.4, 0.5) is 9.18 Å². The molecule has 0 spiro atoms. The highest BCUT2D eigenvalue weighted by atomic mass is 19.1. The third-order valence-corrected chi connectivity index (χ3v) is 2.08. The molecule has 1 unspecified atom stereocenters. The Kier molecular flexibility index (Phi) is 4.08. The van der Waals surface area contributed by atoms with Crippen molar-refractivity contribution in [2.75, 3.05) is 13.2 Å². The number of hydrogen-bond acceptors (Lipinski definition) is 4. The van der Waals surface area contributed by atoms with Gasteiger partial charge in [-0.25, -0.2) is 9.18 Å². The molecular formula is C10H15FO4. The van der Waals surface area contributed by atoms with Crippen LogP contribution in [0.2, 0.25) is 0 Å². The smallest absolute Gasteiger partial charge is 0.427 e. The van der Waals surface area contributed by atoms with Crippen LogP contribution in [-0.4, -0.2) is 25.2 Å². The van der Waals surface area contributed by atoms with Crippen molar-refractivity contribution in [1.82, 2.24) is 0 Å². The molecular weight excluding hydrogens is 203 g/mol. The summed E-state index contributed by atoms with van der Waals surface area (Å²) in [7, 11) is 0. The Labute approximate surface area is 88.0 Å². The lowest BCUT2D eigenvalue weighted by molar-refractivity contribution is -0.180. The number of halogens is 1. The van der Waals surface area contributed by atoms with Crippen LogP contribution in [-0.2, 0) is 14.2 Å². The molecule has 1 saturated heterocycles. The Morgan fingerprint density at radius 2 is 2.47 bits per heavy atom. The maximum atomic E-state index is 12.4. The topological polar surface area (TPSA) is 44.8 Å². The first-order valence-electron chi connectivity index (χ1n) is 4.91. The zero-order valence-electron chi connectivity index (χ0n) is 8.75. The SMILES string of the molecule is C=C(F)COC1(CCCC)COC(=O)O1. The summed E-state index contributed by atoms with van der Waals surface area (Å²) >= 11 is 0. The van der Waals surface area contributed by atoms with Gasteiger partial charge < -0.3 is 14.2 Å². The minimum absolute atomic E-state index is 0.0130. The predicted molar refractivity (Wildman–Crippen MR) is 50.9 cm³/mol. The van der Waals surface area contributed by atoms with Gasteiger partial charge in [0.15, 0.2) is 6.61 Å². The van der Waals surface area contributed by atoms with E-state index < -0.39 is 17.8 Å². The number of hydrogen-bond donors (Lipinski definition) is 0. The third-order valence-electron chi connectivity index (χ3n) is 2.08. The van der Waals surface area contributed by atoms with Crippen molar-refractivity contribution < 1.29 is 23.4 Å². The maximum Gasteiger partial charge on any atom is 0.511 e. The molecule has 15 heavy (non-hydrogen) atoms. The fourth-order valence-electron chi connectivity index (χ4n) is 1.30. The Balaban J connectivity index is 2.52. The monoisotopic (exact) mass is 218 g/mol. The third kappa shape index (κ3) is 3.51. The Morgan fingerprint density at radius 3 is 2.93 bits per heavy atom. The van der Waals surface area contributed by atoms with Crippen molar-refractivity contribution in [1.29, 1.82) is 0 Å². The van der Waals surface area contributed by atoms with E-state index in [0.717, 1.165) is 12.8 Å². The van der Waals surface area contributed by atoms with Gasteiger partial charge in [0, 0.05) is 6.42 Å². The summed E-state index contributed by atoms with van der Waals surface area (Å²) in [6, 6.07) is 0. The predicted octanol–water partition coefficient (Wildman–Crippen LogP) is 2.54. The number of ether oxygens (including phenoxy) is 3. The van der Waals surface area contributed by atoms with Crippen LogP contribution < -0.4 is 0 Å². The van der Waals surface area contributed by atoms with E-state index >= 15 is 0 Å². The first-order chi connectivity index (χ1) is 7.08. The number of rotatable bonds is 6. The standard InChI is InChI=1S/C10H15FO4/c1-3-4-5-10(14-6-8(2)11)7-13-9(12)15-10/h2-7H2,1H3. The summed E-state index contributed by atoms with van der Waals surface area (Å²) in [4.78, 5) is 10.8. The number of cyclic esters (lactones) is 2. The molecule has 0 N–H and O–H groups in total. The molecule has 0 bridgehead atoms. The largest absolute Gasteiger partial charge is 0.511 e. The molecule has 1 rings (SSSR count). The molecule has 86 valence electrons. The first-order valence-corrected chi connectivity index (χ1v) is 4.91. The lowest BCUT2D eigenvalue weighted by Gasteiger charge is -2.24. The zero-order valence-corrected chi connectivity index (χ0v) is 8.75. The first kappa shape index (κ1) is 12.0. The van der Waals surface area contributed by atoms with Crippen LogP contribution in [0, 0.1) is 0 Å². The van der Waals surface area contributed by atoms with Gasteiger partial charge in [-0.2, -0.15) is 0 Å². The number of carbonyl (C=O) groups is 1. The van der Waals surface area contributed by atoms with Crippen LogP contribution in [0.1, 0.15) is 26.2 Å². The molecule has 0 amide bonds. The molecule has 0 saturated carbocycles. The van der Waals surface area contributed by atoms with Gasteiger partial charge in [-0.05, 0) is 6.42 Å². The Bertz CT molecular complexity index is 254. The van der Waals surface area contributed by atoms with Gasteiger partial charge in [0.25, 0.3) is 5.79 Å². The van der Waals surface area contributed by atoms with E-state index in [9.17, 15) is 9.18 Å². The minimum atomic E-state index is -1.12. The molecule has 0 aromatic rings. The van der Waals surface area contributed by atoms with E-state index in [-0.39, 0.29) is 13.2 Å². The van der Waals surface area contributed by atoms with Crippen molar-refractivity contribution in [2.24, 2.45) is 0 Å². The fraction of sp³-hybridized carbons (Fsp3) is 0.700. The average molecular weight is 218 g/mol. The molecule has 1 atom stereocenters. The summed E-state index contributed by atoms with van der Waals surface area (Å²) in [6.07, 6.45) is 1.48. The van der Waals surface area contributed by atoms with Crippen LogP contribution in [0.15, 0.2) is 12.4 Å². The lowest BCUT2D eigenvalue weighted by Crippen LogP contribution is -2.35. The van der Waals surface area contributed by atoms with Gasteiger partial charge >= 0.3 is 6.16 Å². The summed E-state index contributed by atoms with van der Waals surface area (Å²) in [5.74, 6) is -1.73. The van der Waals surface area contributed by atoms with Crippen molar-refractivity contribution in [3.05, 3.63) is 12.4 Å². The lowest BCUT2D eigenvalue weighted by atomic mass is 10.1. The van der Waals surface area contributed by atoms with Crippen molar-refractivity contribution >= 4 is 6.16 Å². The molecule has 0 aromatic carbocycles. The minimum Gasteiger partial charge on any atom is -0.427 e. The molecule has 0 aromatic heterocycles. The second-order valence-electron chi connectivity index (χ2n) is 3.46. The maximum absolute atomic E-state index is 12.4.